The Labute approximate surface area is 182 Å². The van der Waals surface area contributed by atoms with Gasteiger partial charge in [0, 0.05) is 16.7 Å². The van der Waals surface area contributed by atoms with Crippen LogP contribution in [0.5, 0.6) is 0 Å². The number of hydrogen-bond donors (Lipinski definition) is 4. The lowest BCUT2D eigenvalue weighted by Gasteiger charge is -2.20. The minimum Gasteiger partial charge on any atom is -0.445 e. The third kappa shape index (κ3) is 4.69. The van der Waals surface area contributed by atoms with E-state index < -0.39 is 30.1 Å². The highest BCUT2D eigenvalue weighted by atomic mass is 19.1. The Kier molecular flexibility index (Phi) is 6.02. The predicted octanol–water partition coefficient (Wildman–Crippen LogP) is 2.95. The molecule has 5 N–H and O–H groups in total. The van der Waals surface area contributed by atoms with Gasteiger partial charge in [-0.3, -0.25) is 20.9 Å². The zero-order valence-electron chi connectivity index (χ0n) is 16.7. The molecule has 1 heterocycles. The molecule has 1 aliphatic rings. The van der Waals surface area contributed by atoms with E-state index in [9.17, 15) is 13.6 Å². The molecule has 3 aromatic rings. The molecule has 162 valence electrons. The first kappa shape index (κ1) is 21.3. The largest absolute Gasteiger partial charge is 0.445 e. The number of nitrogens with two attached hydrogens (primary N) is 1. The first-order valence-corrected chi connectivity index (χ1v) is 9.67. The third-order valence-corrected chi connectivity index (χ3v) is 4.74. The molecule has 2 unspecified atom stereocenters. The first-order chi connectivity index (χ1) is 15.4. The van der Waals surface area contributed by atoms with Crippen LogP contribution < -0.4 is 16.4 Å². The number of benzodiazepines with no additional fused rings is 1. The first-order valence-electron chi connectivity index (χ1n) is 9.67. The van der Waals surface area contributed by atoms with Gasteiger partial charge in [0.2, 0.25) is 12.2 Å². The molecule has 7 nitrogen and oxygen atoms in total. The van der Waals surface area contributed by atoms with Crippen LogP contribution in [0, 0.1) is 17.0 Å². The summed E-state index contributed by atoms with van der Waals surface area (Å²) >= 11 is 0. The average molecular weight is 435 g/mol. The van der Waals surface area contributed by atoms with E-state index in [2.05, 4.69) is 15.6 Å². The highest BCUT2D eigenvalue weighted by Gasteiger charge is 2.27. The second kappa shape index (κ2) is 9.04. The highest BCUT2D eigenvalue weighted by molar-refractivity contribution is 6.19. The standard InChI is InChI=1S/C23H19F2N5O2/c24-15-9-5-13(6-10-15)19-17-3-1-2-4-18(17)28-22(31)21(29-19)30-23(27)32-20(26)14-7-11-16(25)12-8-14/h1-12,21,23,26,30H,27H2,(H,28,31). The van der Waals surface area contributed by atoms with Crippen LogP contribution in [-0.4, -0.2) is 30.0 Å². The van der Waals surface area contributed by atoms with E-state index in [0.717, 1.165) is 0 Å². The normalized spacial score (nSPS) is 16.3. The van der Waals surface area contributed by atoms with Crippen molar-refractivity contribution in [3.05, 3.63) is 101 Å². The van der Waals surface area contributed by atoms with Crippen LogP contribution in [0.4, 0.5) is 14.5 Å². The summed E-state index contributed by atoms with van der Waals surface area (Å²) in [5.41, 5.74) is 8.53. The van der Waals surface area contributed by atoms with Gasteiger partial charge in [-0.2, -0.15) is 0 Å². The summed E-state index contributed by atoms with van der Waals surface area (Å²) < 4.78 is 31.8. The summed E-state index contributed by atoms with van der Waals surface area (Å²) in [6.45, 7) is 0. The fourth-order valence-electron chi connectivity index (χ4n) is 3.19. The van der Waals surface area contributed by atoms with E-state index >= 15 is 0 Å². The number of halogens is 2. The molecule has 0 fully saturated rings. The molecule has 0 bridgehead atoms. The van der Waals surface area contributed by atoms with Crippen LogP contribution in [-0.2, 0) is 9.53 Å². The molecule has 2 atom stereocenters. The number of carbonyl (C=O) groups is 1. The Morgan fingerprint density at radius 2 is 1.66 bits per heavy atom. The highest BCUT2D eigenvalue weighted by Crippen LogP contribution is 2.24. The van der Waals surface area contributed by atoms with E-state index in [0.29, 0.717) is 28.1 Å². The average Bonchev–Trinajstić information content (AvgIpc) is 2.91. The molecule has 9 heteroatoms. The number of fused-ring (bicyclic) bond motifs is 1. The van der Waals surface area contributed by atoms with E-state index in [4.69, 9.17) is 15.9 Å². The Morgan fingerprint density at radius 3 is 2.34 bits per heavy atom. The summed E-state index contributed by atoms with van der Waals surface area (Å²) in [6, 6.07) is 18.0. The number of nitrogens with zero attached hydrogens (tertiary/aromatic N) is 1. The van der Waals surface area contributed by atoms with Crippen molar-refractivity contribution in [2.45, 2.75) is 12.5 Å². The van der Waals surface area contributed by atoms with Gasteiger partial charge in [0.05, 0.1) is 11.4 Å². The maximum absolute atomic E-state index is 13.4. The zero-order chi connectivity index (χ0) is 22.7. The summed E-state index contributed by atoms with van der Waals surface area (Å²) in [6.07, 6.45) is -2.42. The zero-order valence-corrected chi connectivity index (χ0v) is 16.7. The summed E-state index contributed by atoms with van der Waals surface area (Å²) in [4.78, 5) is 17.3. The van der Waals surface area contributed by atoms with Gasteiger partial charge >= 0.3 is 0 Å². The van der Waals surface area contributed by atoms with Crippen molar-refractivity contribution in [3.63, 3.8) is 0 Å². The maximum atomic E-state index is 13.4. The number of hydrogen-bond acceptors (Lipinski definition) is 6. The van der Waals surface area contributed by atoms with Crippen molar-refractivity contribution in [2.75, 3.05) is 5.32 Å². The number of carbonyl (C=O) groups excluding carboxylic acids is 1. The molecule has 0 aliphatic carbocycles. The molecule has 0 saturated carbocycles. The van der Waals surface area contributed by atoms with Gasteiger partial charge in [-0.15, -0.1) is 0 Å². The van der Waals surface area contributed by atoms with Crippen molar-refractivity contribution >= 4 is 23.2 Å². The van der Waals surface area contributed by atoms with E-state index in [1.165, 1.54) is 36.4 Å². The maximum Gasteiger partial charge on any atom is 0.264 e. The van der Waals surface area contributed by atoms with Gasteiger partial charge in [-0.25, -0.2) is 14.1 Å². The lowest BCUT2D eigenvalue weighted by atomic mass is 10.0. The molecule has 0 aromatic heterocycles. The molecular weight excluding hydrogens is 416 g/mol. The van der Waals surface area contributed by atoms with Crippen molar-refractivity contribution in [2.24, 2.45) is 10.7 Å². The van der Waals surface area contributed by atoms with Crippen LogP contribution in [0.25, 0.3) is 0 Å². The van der Waals surface area contributed by atoms with Crippen molar-refractivity contribution in [3.8, 4) is 0 Å². The Hall–Kier alpha value is -3.95. The number of amides is 1. The van der Waals surface area contributed by atoms with E-state index in [-0.39, 0.29) is 5.90 Å². The molecule has 32 heavy (non-hydrogen) atoms. The molecule has 4 rings (SSSR count). The lowest BCUT2D eigenvalue weighted by molar-refractivity contribution is -0.118. The SMILES string of the molecule is N=C(OC(N)NC1N=C(c2ccc(F)cc2)c2ccccc2NC1=O)c1ccc(F)cc1. The number of anilines is 1. The van der Waals surface area contributed by atoms with Crippen LogP contribution in [0.2, 0.25) is 0 Å². The van der Waals surface area contributed by atoms with Gasteiger partial charge in [0.1, 0.15) is 11.6 Å². The van der Waals surface area contributed by atoms with Crippen molar-refractivity contribution in [1.82, 2.24) is 5.32 Å². The lowest BCUT2D eigenvalue weighted by Crippen LogP contribution is -2.50. The quantitative estimate of drug-likeness (QED) is 0.280. The number of nitrogens with one attached hydrogen (secondary N) is 3. The fourth-order valence-corrected chi connectivity index (χ4v) is 3.19. The molecule has 0 spiro atoms. The predicted molar refractivity (Wildman–Crippen MR) is 116 cm³/mol. The second-order valence-electron chi connectivity index (χ2n) is 6.96. The van der Waals surface area contributed by atoms with Gasteiger partial charge in [0.25, 0.3) is 5.91 Å². The molecule has 1 amide bonds. The van der Waals surface area contributed by atoms with E-state index in [1.54, 1.807) is 36.4 Å². The molecule has 1 aliphatic heterocycles. The van der Waals surface area contributed by atoms with Crippen molar-refractivity contribution < 1.29 is 18.3 Å². The number of aliphatic imine (C=N–C) groups is 1. The Morgan fingerprint density at radius 1 is 1.03 bits per heavy atom. The molecule has 3 aromatic carbocycles. The van der Waals surface area contributed by atoms with Gasteiger partial charge in [0.15, 0.2) is 6.17 Å². The topological polar surface area (TPSA) is 113 Å². The van der Waals surface area contributed by atoms with Crippen LogP contribution in [0.1, 0.15) is 16.7 Å². The molecular formula is C23H19F2N5O2. The van der Waals surface area contributed by atoms with E-state index in [1.807, 2.05) is 0 Å². The minimum atomic E-state index is -1.26. The van der Waals surface area contributed by atoms with Crippen LogP contribution in [0.3, 0.4) is 0 Å². The smallest absolute Gasteiger partial charge is 0.264 e. The van der Waals surface area contributed by atoms with Gasteiger partial charge in [-0.1, -0.05) is 18.2 Å². The van der Waals surface area contributed by atoms with Crippen LogP contribution >= 0.6 is 0 Å². The summed E-state index contributed by atoms with van der Waals surface area (Å²) in [7, 11) is 0. The van der Waals surface area contributed by atoms with Gasteiger partial charge < -0.3 is 10.1 Å². The van der Waals surface area contributed by atoms with Crippen LogP contribution in [0.15, 0.2) is 77.8 Å². The second-order valence-corrected chi connectivity index (χ2v) is 6.96. The number of ether oxygens (including phenoxy) is 1. The number of rotatable bonds is 5. The summed E-state index contributed by atoms with van der Waals surface area (Å²) in [5.74, 6) is -1.62. The van der Waals surface area contributed by atoms with Crippen molar-refractivity contribution in [1.29, 1.82) is 5.41 Å². The minimum absolute atomic E-state index is 0.301. The third-order valence-electron chi connectivity index (χ3n) is 4.74. The Balaban J connectivity index is 1.59. The number of benzene rings is 3. The Bertz CT molecular complexity index is 1180. The van der Waals surface area contributed by atoms with Gasteiger partial charge in [-0.05, 0) is 54.6 Å². The summed E-state index contributed by atoms with van der Waals surface area (Å²) in [5, 5.41) is 13.5. The monoisotopic (exact) mass is 435 g/mol. The molecule has 0 radical (unpaired) electrons. The fraction of sp³-hybridized carbons (Fsp3) is 0.0870. The number of para-hydroxylation sites is 1. The molecule has 0 saturated heterocycles.